The minimum absolute atomic E-state index is 0.0441. The fourth-order valence-corrected chi connectivity index (χ4v) is 1.51. The Balaban J connectivity index is 2.41. The van der Waals surface area contributed by atoms with Gasteiger partial charge in [-0.2, -0.15) is 13.2 Å². The van der Waals surface area contributed by atoms with Crippen LogP contribution in [-0.4, -0.2) is 18.7 Å². The summed E-state index contributed by atoms with van der Waals surface area (Å²) in [4.78, 5) is 11.4. The van der Waals surface area contributed by atoms with E-state index in [0.29, 0.717) is 13.0 Å². The number of nitrogens with one attached hydrogen (secondary N) is 1. The smallest absolute Gasteiger partial charge is 0.422 e. The molecule has 0 unspecified atom stereocenters. The van der Waals surface area contributed by atoms with Gasteiger partial charge in [-0.05, 0) is 23.6 Å². The number of amides is 1. The second kappa shape index (κ2) is 7.17. The Labute approximate surface area is 116 Å². The Bertz CT molecular complexity index is 427. The van der Waals surface area contributed by atoms with E-state index >= 15 is 0 Å². The molecule has 1 rings (SSSR count). The molecular weight excluding hydrogens is 271 g/mol. The first-order chi connectivity index (χ1) is 9.26. The zero-order valence-corrected chi connectivity index (χ0v) is 11.5. The van der Waals surface area contributed by atoms with E-state index in [-0.39, 0.29) is 17.6 Å². The second-order valence-corrected chi connectivity index (χ2v) is 4.92. The molecule has 0 aliphatic carbocycles. The number of rotatable bonds is 6. The van der Waals surface area contributed by atoms with Gasteiger partial charge >= 0.3 is 6.18 Å². The average molecular weight is 289 g/mol. The molecule has 0 heterocycles. The first kappa shape index (κ1) is 16.3. The third-order valence-electron chi connectivity index (χ3n) is 2.41. The second-order valence-electron chi connectivity index (χ2n) is 4.92. The normalized spacial score (nSPS) is 11.5. The molecule has 1 aromatic rings. The van der Waals surface area contributed by atoms with Crippen LogP contribution in [0.4, 0.5) is 13.2 Å². The molecule has 0 spiro atoms. The molecule has 0 saturated carbocycles. The third-order valence-corrected chi connectivity index (χ3v) is 2.41. The summed E-state index contributed by atoms with van der Waals surface area (Å²) in [6.45, 7) is 2.95. The maximum Gasteiger partial charge on any atom is 0.422 e. The summed E-state index contributed by atoms with van der Waals surface area (Å²) in [5.41, 5.74) is 0.807. The van der Waals surface area contributed by atoms with Crippen LogP contribution >= 0.6 is 0 Å². The van der Waals surface area contributed by atoms with E-state index in [2.05, 4.69) is 10.1 Å². The highest BCUT2D eigenvalue weighted by molar-refractivity contribution is 5.76. The number of alkyl halides is 3. The van der Waals surface area contributed by atoms with Crippen LogP contribution in [0, 0.1) is 5.92 Å². The number of hydrogen-bond donors (Lipinski definition) is 1. The summed E-state index contributed by atoms with van der Waals surface area (Å²) in [5.74, 6) is 0.394. The van der Waals surface area contributed by atoms with Crippen LogP contribution in [0.3, 0.4) is 0 Å². The van der Waals surface area contributed by atoms with Gasteiger partial charge in [0.1, 0.15) is 5.75 Å². The predicted octanol–water partition coefficient (Wildman–Crippen LogP) is 3.29. The maximum atomic E-state index is 12.0. The summed E-state index contributed by atoms with van der Waals surface area (Å²) < 4.78 is 40.5. The van der Waals surface area contributed by atoms with E-state index < -0.39 is 12.8 Å². The fraction of sp³-hybridized carbons (Fsp3) is 0.500. The van der Waals surface area contributed by atoms with Crippen molar-refractivity contribution in [2.45, 2.75) is 33.0 Å². The maximum absolute atomic E-state index is 12.0. The van der Waals surface area contributed by atoms with Gasteiger partial charge in [0.15, 0.2) is 6.61 Å². The molecule has 0 aliphatic heterocycles. The molecule has 0 aliphatic rings. The molecule has 0 fully saturated rings. The fourth-order valence-electron chi connectivity index (χ4n) is 1.51. The summed E-state index contributed by atoms with van der Waals surface area (Å²) in [7, 11) is 0. The predicted molar refractivity (Wildman–Crippen MR) is 69.3 cm³/mol. The Hall–Kier alpha value is -1.72. The van der Waals surface area contributed by atoms with Crippen LogP contribution in [0.15, 0.2) is 24.3 Å². The number of hydrogen-bond acceptors (Lipinski definition) is 2. The third kappa shape index (κ3) is 7.01. The number of carbonyl (C=O) groups is 1. The Morgan fingerprint density at radius 2 is 1.85 bits per heavy atom. The minimum atomic E-state index is -4.34. The highest BCUT2D eigenvalue weighted by Crippen LogP contribution is 2.18. The largest absolute Gasteiger partial charge is 0.484 e. The number of carbonyl (C=O) groups excluding carboxylic acids is 1. The van der Waals surface area contributed by atoms with Crippen molar-refractivity contribution in [1.29, 1.82) is 0 Å². The van der Waals surface area contributed by atoms with Crippen LogP contribution in [0.2, 0.25) is 0 Å². The summed E-state index contributed by atoms with van der Waals surface area (Å²) in [6, 6.07) is 6.16. The van der Waals surface area contributed by atoms with E-state index in [1.807, 2.05) is 13.8 Å². The summed E-state index contributed by atoms with van der Waals surface area (Å²) in [6.07, 6.45) is -3.89. The van der Waals surface area contributed by atoms with Gasteiger partial charge in [-0.3, -0.25) is 4.79 Å². The van der Waals surface area contributed by atoms with Crippen molar-refractivity contribution >= 4 is 5.91 Å². The van der Waals surface area contributed by atoms with Crippen molar-refractivity contribution in [2.24, 2.45) is 5.92 Å². The van der Waals surface area contributed by atoms with Crippen LogP contribution in [-0.2, 0) is 11.3 Å². The molecule has 1 amide bonds. The Morgan fingerprint density at radius 3 is 2.35 bits per heavy atom. The number of ether oxygens (including phenoxy) is 1. The van der Waals surface area contributed by atoms with E-state index in [1.165, 1.54) is 12.1 Å². The Morgan fingerprint density at radius 1 is 1.25 bits per heavy atom. The van der Waals surface area contributed by atoms with Crippen molar-refractivity contribution in [3.63, 3.8) is 0 Å². The van der Waals surface area contributed by atoms with Crippen LogP contribution in [0.25, 0.3) is 0 Å². The van der Waals surface area contributed by atoms with E-state index in [4.69, 9.17) is 0 Å². The lowest BCUT2D eigenvalue weighted by atomic mass is 10.1. The van der Waals surface area contributed by atoms with E-state index in [1.54, 1.807) is 12.1 Å². The standard InChI is InChI=1S/C14H18F3NO2/c1-10(2)7-13(19)18-8-11-3-5-12(6-4-11)20-9-14(15,16)17/h3-6,10H,7-9H2,1-2H3,(H,18,19). The molecule has 0 radical (unpaired) electrons. The van der Waals surface area contributed by atoms with Gasteiger partial charge < -0.3 is 10.1 Å². The van der Waals surface area contributed by atoms with Gasteiger partial charge in [-0.15, -0.1) is 0 Å². The minimum Gasteiger partial charge on any atom is -0.484 e. The van der Waals surface area contributed by atoms with Crippen LogP contribution in [0.1, 0.15) is 25.8 Å². The molecule has 0 aromatic heterocycles. The lowest BCUT2D eigenvalue weighted by Gasteiger charge is -2.10. The molecule has 3 nitrogen and oxygen atoms in total. The summed E-state index contributed by atoms with van der Waals surface area (Å²) >= 11 is 0. The highest BCUT2D eigenvalue weighted by atomic mass is 19.4. The quantitative estimate of drug-likeness (QED) is 0.872. The van der Waals surface area contributed by atoms with Crippen LogP contribution in [0.5, 0.6) is 5.75 Å². The molecule has 1 N–H and O–H groups in total. The molecular formula is C14H18F3NO2. The topological polar surface area (TPSA) is 38.3 Å². The number of benzene rings is 1. The van der Waals surface area contributed by atoms with Crippen molar-refractivity contribution < 1.29 is 22.7 Å². The van der Waals surface area contributed by atoms with Gasteiger partial charge in [0, 0.05) is 13.0 Å². The van der Waals surface area contributed by atoms with Crippen molar-refractivity contribution in [3.05, 3.63) is 29.8 Å². The van der Waals surface area contributed by atoms with Gasteiger partial charge in [0.05, 0.1) is 0 Å². The number of halogens is 3. The molecule has 0 bridgehead atoms. The monoisotopic (exact) mass is 289 g/mol. The highest BCUT2D eigenvalue weighted by Gasteiger charge is 2.28. The lowest BCUT2D eigenvalue weighted by molar-refractivity contribution is -0.153. The first-order valence-corrected chi connectivity index (χ1v) is 6.31. The molecule has 20 heavy (non-hydrogen) atoms. The molecule has 112 valence electrons. The molecule has 0 saturated heterocycles. The molecule has 1 aromatic carbocycles. The van der Waals surface area contributed by atoms with Crippen molar-refractivity contribution in [3.8, 4) is 5.75 Å². The van der Waals surface area contributed by atoms with Gasteiger partial charge in [0.25, 0.3) is 0 Å². The SMILES string of the molecule is CC(C)CC(=O)NCc1ccc(OCC(F)(F)F)cc1. The van der Waals surface area contributed by atoms with Crippen LogP contribution < -0.4 is 10.1 Å². The molecule has 6 heteroatoms. The molecule has 0 atom stereocenters. The first-order valence-electron chi connectivity index (χ1n) is 6.31. The van der Waals surface area contributed by atoms with E-state index in [0.717, 1.165) is 5.56 Å². The van der Waals surface area contributed by atoms with Crippen molar-refractivity contribution in [1.82, 2.24) is 5.32 Å². The van der Waals surface area contributed by atoms with Crippen molar-refractivity contribution in [2.75, 3.05) is 6.61 Å². The zero-order chi connectivity index (χ0) is 15.2. The average Bonchev–Trinajstić information content (AvgIpc) is 2.33. The van der Waals surface area contributed by atoms with Gasteiger partial charge in [-0.1, -0.05) is 26.0 Å². The zero-order valence-electron chi connectivity index (χ0n) is 11.5. The Kier molecular flexibility index (Phi) is 5.85. The van der Waals surface area contributed by atoms with E-state index in [9.17, 15) is 18.0 Å². The van der Waals surface area contributed by atoms with Gasteiger partial charge in [0.2, 0.25) is 5.91 Å². The summed E-state index contributed by atoms with van der Waals surface area (Å²) in [5, 5.41) is 2.75. The van der Waals surface area contributed by atoms with Gasteiger partial charge in [-0.25, -0.2) is 0 Å². The lowest BCUT2D eigenvalue weighted by Crippen LogP contribution is -2.23.